The average Bonchev–Trinajstić information content (AvgIpc) is 2.48. The average molecular weight is 202 g/mol. The summed E-state index contributed by atoms with van der Waals surface area (Å²) in [4.78, 5) is 4.03. The Balaban J connectivity index is 2.94. The van der Waals surface area contributed by atoms with Crippen molar-refractivity contribution in [2.45, 2.75) is 6.92 Å². The first kappa shape index (κ1) is 7.83. The van der Waals surface area contributed by atoms with Crippen LogP contribution < -0.4 is 0 Å². The summed E-state index contributed by atoms with van der Waals surface area (Å²) in [6, 6.07) is 0. The van der Waals surface area contributed by atoms with Crippen molar-refractivity contribution in [3.8, 4) is 0 Å². The normalized spacial score (nSPS) is 10.9. The van der Waals surface area contributed by atoms with Gasteiger partial charge in [-0.05, 0) is 6.92 Å². The van der Waals surface area contributed by atoms with Gasteiger partial charge in [0.15, 0.2) is 10.8 Å². The minimum Gasteiger partial charge on any atom is -0.234 e. The molecule has 5 heteroatoms. The molecular weight excluding hydrogens is 197 g/mol. The molecule has 0 aliphatic rings. The van der Waals surface area contributed by atoms with Crippen LogP contribution in [-0.2, 0) is 0 Å². The van der Waals surface area contributed by atoms with Crippen LogP contribution in [0.1, 0.15) is 5.56 Å². The van der Waals surface area contributed by atoms with Gasteiger partial charge in [-0.2, -0.15) is 5.10 Å². The maximum atomic E-state index is 5.96. The molecule has 2 rings (SSSR count). The molecule has 0 atom stereocenters. The van der Waals surface area contributed by atoms with Gasteiger partial charge in [0, 0.05) is 18.0 Å². The Kier molecular flexibility index (Phi) is 1.70. The summed E-state index contributed by atoms with van der Waals surface area (Å²) in [5, 5.41) is 4.99. The van der Waals surface area contributed by atoms with E-state index in [-0.39, 0.29) is 0 Å². The summed E-state index contributed by atoms with van der Waals surface area (Å²) < 4.78 is 1.55. The number of rotatable bonds is 0. The molecule has 0 bridgehead atoms. The smallest absolute Gasteiger partial charge is 0.172 e. The molecule has 12 heavy (non-hydrogen) atoms. The molecule has 0 amide bonds. The second kappa shape index (κ2) is 2.61. The zero-order valence-electron chi connectivity index (χ0n) is 6.25. The van der Waals surface area contributed by atoms with E-state index in [4.69, 9.17) is 23.2 Å². The maximum absolute atomic E-state index is 5.96. The van der Waals surface area contributed by atoms with Crippen LogP contribution in [0.5, 0.6) is 0 Å². The molecule has 3 nitrogen and oxygen atoms in total. The van der Waals surface area contributed by atoms with Crippen molar-refractivity contribution in [2.75, 3.05) is 0 Å². The van der Waals surface area contributed by atoms with Crippen LogP contribution in [0.15, 0.2) is 12.4 Å². The molecule has 0 aliphatic carbocycles. The van der Waals surface area contributed by atoms with Crippen LogP contribution in [-0.4, -0.2) is 14.6 Å². The number of nitrogens with zero attached hydrogens (tertiary/aromatic N) is 3. The first-order chi connectivity index (χ1) is 5.70. The van der Waals surface area contributed by atoms with Gasteiger partial charge in [0.2, 0.25) is 0 Å². The van der Waals surface area contributed by atoms with E-state index in [9.17, 15) is 0 Å². The van der Waals surface area contributed by atoms with Crippen LogP contribution in [0.25, 0.3) is 5.65 Å². The zero-order valence-corrected chi connectivity index (χ0v) is 7.76. The van der Waals surface area contributed by atoms with Gasteiger partial charge in [-0.3, -0.25) is 0 Å². The number of fused-ring (bicyclic) bond motifs is 1. The van der Waals surface area contributed by atoms with Gasteiger partial charge in [0.25, 0.3) is 0 Å². The molecule has 2 aromatic rings. The first-order valence-electron chi connectivity index (χ1n) is 3.35. The molecule has 0 aliphatic heterocycles. The molecule has 62 valence electrons. The lowest BCUT2D eigenvalue weighted by molar-refractivity contribution is 0.927. The summed E-state index contributed by atoms with van der Waals surface area (Å²) in [7, 11) is 0. The van der Waals surface area contributed by atoms with Crippen molar-refractivity contribution in [2.24, 2.45) is 0 Å². The van der Waals surface area contributed by atoms with Crippen molar-refractivity contribution in [1.29, 1.82) is 0 Å². The van der Waals surface area contributed by atoms with E-state index >= 15 is 0 Å². The van der Waals surface area contributed by atoms with E-state index in [1.165, 1.54) is 0 Å². The highest BCUT2D eigenvalue weighted by atomic mass is 35.5. The fourth-order valence-electron chi connectivity index (χ4n) is 0.963. The summed E-state index contributed by atoms with van der Waals surface area (Å²) in [5.74, 6) is 0. The highest BCUT2D eigenvalue weighted by molar-refractivity contribution is 6.37. The third-order valence-electron chi connectivity index (χ3n) is 1.65. The Morgan fingerprint density at radius 3 is 2.92 bits per heavy atom. The third-order valence-corrected chi connectivity index (χ3v) is 2.46. The first-order valence-corrected chi connectivity index (χ1v) is 4.10. The van der Waals surface area contributed by atoms with E-state index in [0.29, 0.717) is 15.8 Å². The van der Waals surface area contributed by atoms with E-state index in [1.54, 1.807) is 16.9 Å². The van der Waals surface area contributed by atoms with Crippen molar-refractivity contribution in [3.63, 3.8) is 0 Å². The molecule has 0 aromatic carbocycles. The molecular formula is C7H5Cl2N3. The molecule has 0 spiro atoms. The predicted molar refractivity (Wildman–Crippen MR) is 47.7 cm³/mol. The van der Waals surface area contributed by atoms with Crippen LogP contribution in [0.4, 0.5) is 0 Å². The second-order valence-corrected chi connectivity index (χ2v) is 3.16. The number of aromatic nitrogens is 3. The molecule has 0 N–H and O–H groups in total. The topological polar surface area (TPSA) is 30.2 Å². The van der Waals surface area contributed by atoms with Gasteiger partial charge < -0.3 is 0 Å². The van der Waals surface area contributed by atoms with E-state index in [2.05, 4.69) is 10.1 Å². The Bertz CT molecular complexity index is 435. The Morgan fingerprint density at radius 1 is 1.42 bits per heavy atom. The van der Waals surface area contributed by atoms with Crippen molar-refractivity contribution < 1.29 is 0 Å². The summed E-state index contributed by atoms with van der Waals surface area (Å²) in [6.45, 7) is 1.81. The lowest BCUT2D eigenvalue weighted by Gasteiger charge is -2.01. The standard InChI is InChI=1S/C7H5Cl2N3/c1-4-5(8)7-10-2-3-12(7)11-6(4)9/h2-3H,1H3. The lowest BCUT2D eigenvalue weighted by Crippen LogP contribution is -1.94. The van der Waals surface area contributed by atoms with Crippen molar-refractivity contribution in [3.05, 3.63) is 28.1 Å². The fourth-order valence-corrected chi connectivity index (χ4v) is 1.41. The monoisotopic (exact) mass is 201 g/mol. The molecule has 2 aromatic heterocycles. The highest BCUT2D eigenvalue weighted by Crippen LogP contribution is 2.24. The zero-order chi connectivity index (χ0) is 8.72. The number of hydrogen-bond donors (Lipinski definition) is 0. The molecule has 0 saturated heterocycles. The molecule has 0 unspecified atom stereocenters. The van der Waals surface area contributed by atoms with Crippen LogP contribution in [0, 0.1) is 6.92 Å². The molecule has 0 saturated carbocycles. The Morgan fingerprint density at radius 2 is 2.17 bits per heavy atom. The quantitative estimate of drug-likeness (QED) is 0.656. The number of imidazole rings is 1. The van der Waals surface area contributed by atoms with Gasteiger partial charge in [-0.25, -0.2) is 9.50 Å². The number of hydrogen-bond acceptors (Lipinski definition) is 2. The van der Waals surface area contributed by atoms with Gasteiger partial charge in [0.05, 0.1) is 5.02 Å². The van der Waals surface area contributed by atoms with Crippen molar-refractivity contribution >= 4 is 28.8 Å². The Hall–Kier alpha value is -0.800. The summed E-state index contributed by atoms with van der Waals surface area (Å²) in [5.41, 5.74) is 1.40. The fraction of sp³-hybridized carbons (Fsp3) is 0.143. The highest BCUT2D eigenvalue weighted by Gasteiger charge is 2.08. The van der Waals surface area contributed by atoms with Gasteiger partial charge in [-0.1, -0.05) is 23.2 Å². The minimum atomic E-state index is 0.408. The van der Waals surface area contributed by atoms with Gasteiger partial charge in [0.1, 0.15) is 0 Å². The second-order valence-electron chi connectivity index (χ2n) is 2.43. The molecule has 2 heterocycles. The molecule has 0 radical (unpaired) electrons. The SMILES string of the molecule is Cc1c(Cl)nn2ccnc2c1Cl. The van der Waals surface area contributed by atoms with Crippen LogP contribution >= 0.6 is 23.2 Å². The van der Waals surface area contributed by atoms with Crippen LogP contribution in [0.3, 0.4) is 0 Å². The maximum Gasteiger partial charge on any atom is 0.172 e. The van der Waals surface area contributed by atoms with Crippen molar-refractivity contribution in [1.82, 2.24) is 14.6 Å². The minimum absolute atomic E-state index is 0.408. The summed E-state index contributed by atoms with van der Waals surface area (Å²) in [6.07, 6.45) is 3.33. The number of halogens is 2. The van der Waals surface area contributed by atoms with Gasteiger partial charge >= 0.3 is 0 Å². The van der Waals surface area contributed by atoms with Gasteiger partial charge in [-0.15, -0.1) is 0 Å². The van der Waals surface area contributed by atoms with E-state index in [0.717, 1.165) is 5.56 Å². The predicted octanol–water partition coefficient (Wildman–Crippen LogP) is 2.34. The van der Waals surface area contributed by atoms with E-state index < -0.39 is 0 Å². The molecule has 0 fully saturated rings. The third kappa shape index (κ3) is 0.974. The largest absolute Gasteiger partial charge is 0.234 e. The van der Waals surface area contributed by atoms with Crippen LogP contribution in [0.2, 0.25) is 10.2 Å². The lowest BCUT2D eigenvalue weighted by atomic mass is 10.3. The Labute approximate surface area is 78.9 Å². The van der Waals surface area contributed by atoms with E-state index in [1.807, 2.05) is 6.92 Å². The summed E-state index contributed by atoms with van der Waals surface area (Å²) >= 11 is 11.8.